The molecule has 0 atom stereocenters. The number of carbonyl (C=O) groups excluding carboxylic acids is 2. The monoisotopic (exact) mass is 471 g/mol. The molecule has 0 unspecified atom stereocenters. The smallest absolute Gasteiger partial charge is 0.336 e. The first-order valence-electron chi connectivity index (χ1n) is 10.4. The van der Waals surface area contributed by atoms with E-state index in [1.807, 2.05) is 32.0 Å². The SMILES string of the molecule is Cc1cc(C)cc(/C=C(/C(=O)O)c2cccc(Oc3ccc(/C=C4/SC(=O)NC4=O)cc3)c2)c1. The zero-order valence-electron chi connectivity index (χ0n) is 18.5. The van der Waals surface area contributed by atoms with Gasteiger partial charge in [0.2, 0.25) is 0 Å². The maximum atomic E-state index is 12.0. The maximum absolute atomic E-state index is 12.0. The third-order valence-electron chi connectivity index (χ3n) is 4.99. The topological polar surface area (TPSA) is 92.7 Å². The summed E-state index contributed by atoms with van der Waals surface area (Å²) in [6, 6.07) is 19.8. The molecule has 0 spiro atoms. The molecule has 170 valence electrons. The Morgan fingerprint density at radius 2 is 1.62 bits per heavy atom. The van der Waals surface area contributed by atoms with Crippen LogP contribution in [0.1, 0.15) is 27.8 Å². The second-order valence-electron chi connectivity index (χ2n) is 7.84. The molecule has 1 heterocycles. The molecule has 0 radical (unpaired) electrons. The number of carboxylic acid groups (broad SMARTS) is 1. The third-order valence-corrected chi connectivity index (χ3v) is 5.80. The Morgan fingerprint density at radius 1 is 0.912 bits per heavy atom. The Balaban J connectivity index is 1.55. The van der Waals surface area contributed by atoms with E-state index in [2.05, 4.69) is 5.32 Å². The molecule has 1 aliphatic heterocycles. The van der Waals surface area contributed by atoms with Crippen molar-refractivity contribution in [3.05, 3.63) is 99.5 Å². The van der Waals surface area contributed by atoms with Gasteiger partial charge in [0.15, 0.2) is 0 Å². The molecule has 2 amide bonds. The Hall–Kier alpha value is -4.10. The van der Waals surface area contributed by atoms with Crippen LogP contribution < -0.4 is 10.1 Å². The van der Waals surface area contributed by atoms with Crippen molar-refractivity contribution >= 4 is 46.6 Å². The summed E-state index contributed by atoms with van der Waals surface area (Å²) in [5.41, 5.74) is 4.38. The van der Waals surface area contributed by atoms with E-state index in [1.54, 1.807) is 60.7 Å². The first-order valence-corrected chi connectivity index (χ1v) is 11.2. The van der Waals surface area contributed by atoms with Crippen LogP contribution in [0.3, 0.4) is 0 Å². The van der Waals surface area contributed by atoms with Gasteiger partial charge in [-0.15, -0.1) is 0 Å². The van der Waals surface area contributed by atoms with E-state index in [-0.39, 0.29) is 10.8 Å². The molecular formula is C27H21NO5S. The number of nitrogens with one attached hydrogen (secondary N) is 1. The van der Waals surface area contributed by atoms with Crippen LogP contribution in [-0.4, -0.2) is 22.2 Å². The molecule has 0 saturated carbocycles. The van der Waals surface area contributed by atoms with E-state index in [0.29, 0.717) is 22.0 Å². The number of aliphatic carboxylic acids is 1. The third kappa shape index (κ3) is 5.63. The number of aryl methyl sites for hydroxylation is 2. The van der Waals surface area contributed by atoms with Gasteiger partial charge in [-0.3, -0.25) is 14.9 Å². The van der Waals surface area contributed by atoms with E-state index < -0.39 is 11.9 Å². The molecule has 6 nitrogen and oxygen atoms in total. The Kier molecular flexibility index (Phi) is 6.65. The molecule has 1 saturated heterocycles. The van der Waals surface area contributed by atoms with Crippen molar-refractivity contribution in [2.24, 2.45) is 0 Å². The fourth-order valence-electron chi connectivity index (χ4n) is 3.60. The first kappa shape index (κ1) is 23.1. The van der Waals surface area contributed by atoms with E-state index in [0.717, 1.165) is 34.0 Å². The molecule has 34 heavy (non-hydrogen) atoms. The predicted molar refractivity (Wildman–Crippen MR) is 133 cm³/mol. The Bertz CT molecular complexity index is 1340. The lowest BCUT2D eigenvalue weighted by molar-refractivity contribution is -0.130. The highest BCUT2D eigenvalue weighted by atomic mass is 32.2. The van der Waals surface area contributed by atoms with Crippen LogP contribution in [0.5, 0.6) is 11.5 Å². The number of carbonyl (C=O) groups is 3. The number of carboxylic acids is 1. The number of hydrogen-bond acceptors (Lipinski definition) is 5. The molecule has 0 aromatic heterocycles. The van der Waals surface area contributed by atoms with Gasteiger partial charge in [-0.05, 0) is 78.7 Å². The molecule has 7 heteroatoms. The molecule has 3 aromatic carbocycles. The van der Waals surface area contributed by atoms with Crippen molar-refractivity contribution in [1.29, 1.82) is 0 Å². The van der Waals surface area contributed by atoms with E-state index >= 15 is 0 Å². The van der Waals surface area contributed by atoms with Gasteiger partial charge < -0.3 is 9.84 Å². The highest BCUT2D eigenvalue weighted by molar-refractivity contribution is 8.18. The van der Waals surface area contributed by atoms with E-state index in [9.17, 15) is 19.5 Å². The van der Waals surface area contributed by atoms with Crippen molar-refractivity contribution in [1.82, 2.24) is 5.32 Å². The number of hydrogen-bond donors (Lipinski definition) is 2. The highest BCUT2D eigenvalue weighted by Gasteiger charge is 2.24. The second kappa shape index (κ2) is 9.80. The summed E-state index contributed by atoms with van der Waals surface area (Å²) in [5, 5.41) is 11.7. The fourth-order valence-corrected chi connectivity index (χ4v) is 4.28. The summed E-state index contributed by atoms with van der Waals surface area (Å²) in [4.78, 5) is 35.3. The van der Waals surface area contributed by atoms with Gasteiger partial charge in [0, 0.05) is 0 Å². The van der Waals surface area contributed by atoms with Crippen LogP contribution in [0.2, 0.25) is 0 Å². The zero-order chi connectivity index (χ0) is 24.2. The summed E-state index contributed by atoms with van der Waals surface area (Å²) < 4.78 is 5.92. The summed E-state index contributed by atoms with van der Waals surface area (Å²) in [6.07, 6.45) is 3.29. The van der Waals surface area contributed by atoms with Crippen molar-refractivity contribution in [3.8, 4) is 11.5 Å². The second-order valence-corrected chi connectivity index (χ2v) is 8.85. The average molecular weight is 472 g/mol. The predicted octanol–water partition coefficient (Wildman–Crippen LogP) is 6.04. The fraction of sp³-hybridized carbons (Fsp3) is 0.0741. The number of amides is 2. The molecule has 2 N–H and O–H groups in total. The molecular weight excluding hydrogens is 450 g/mol. The lowest BCUT2D eigenvalue weighted by Crippen LogP contribution is -2.17. The van der Waals surface area contributed by atoms with Gasteiger partial charge in [0.1, 0.15) is 11.5 Å². The molecule has 1 aliphatic rings. The number of benzene rings is 3. The van der Waals surface area contributed by atoms with Crippen LogP contribution in [-0.2, 0) is 9.59 Å². The van der Waals surface area contributed by atoms with Gasteiger partial charge in [0.25, 0.3) is 11.1 Å². The number of rotatable bonds is 6. The van der Waals surface area contributed by atoms with Gasteiger partial charge in [-0.2, -0.15) is 0 Å². The van der Waals surface area contributed by atoms with Crippen molar-refractivity contribution in [2.75, 3.05) is 0 Å². The molecule has 0 aliphatic carbocycles. The maximum Gasteiger partial charge on any atom is 0.336 e. The minimum atomic E-state index is -1.03. The lowest BCUT2D eigenvalue weighted by atomic mass is 10.0. The summed E-state index contributed by atoms with van der Waals surface area (Å²) in [7, 11) is 0. The van der Waals surface area contributed by atoms with E-state index in [4.69, 9.17) is 4.74 Å². The van der Waals surface area contributed by atoms with Crippen molar-refractivity contribution < 1.29 is 24.2 Å². The quantitative estimate of drug-likeness (QED) is 0.336. The van der Waals surface area contributed by atoms with Gasteiger partial charge >= 0.3 is 5.97 Å². The van der Waals surface area contributed by atoms with Gasteiger partial charge in [0.05, 0.1) is 10.5 Å². The summed E-state index contributed by atoms with van der Waals surface area (Å²) in [6.45, 7) is 3.95. The number of thioether (sulfide) groups is 1. The van der Waals surface area contributed by atoms with Crippen LogP contribution in [0.4, 0.5) is 4.79 Å². The normalized spacial score (nSPS) is 14.9. The van der Waals surface area contributed by atoms with E-state index in [1.165, 1.54) is 0 Å². The Morgan fingerprint density at radius 3 is 2.24 bits per heavy atom. The minimum absolute atomic E-state index is 0.166. The first-order chi connectivity index (χ1) is 16.3. The average Bonchev–Trinajstić information content (AvgIpc) is 3.09. The summed E-state index contributed by atoms with van der Waals surface area (Å²) in [5.74, 6) is -0.391. The molecule has 0 bridgehead atoms. The molecule has 4 rings (SSSR count). The standard InChI is InChI=1S/C27H21NO5S/c1-16-10-17(2)12-19(11-16)13-23(26(30)31)20-4-3-5-22(15-20)33-21-8-6-18(7-9-21)14-24-25(29)28-27(32)34-24/h3-15H,1-2H3,(H,30,31)(H,28,29,32)/b23-13+,24-14+. The number of imide groups is 1. The Labute approximate surface area is 201 Å². The summed E-state index contributed by atoms with van der Waals surface area (Å²) >= 11 is 0.861. The zero-order valence-corrected chi connectivity index (χ0v) is 19.3. The van der Waals surface area contributed by atoms with Crippen LogP contribution in [0, 0.1) is 13.8 Å². The van der Waals surface area contributed by atoms with Gasteiger partial charge in [-0.1, -0.05) is 53.6 Å². The minimum Gasteiger partial charge on any atom is -0.478 e. The largest absolute Gasteiger partial charge is 0.478 e. The van der Waals surface area contributed by atoms with Crippen LogP contribution in [0.25, 0.3) is 17.7 Å². The van der Waals surface area contributed by atoms with Crippen LogP contribution >= 0.6 is 11.8 Å². The van der Waals surface area contributed by atoms with Crippen LogP contribution in [0.15, 0.2) is 71.6 Å². The van der Waals surface area contributed by atoms with Gasteiger partial charge in [-0.25, -0.2) is 4.79 Å². The highest BCUT2D eigenvalue weighted by Crippen LogP contribution is 2.29. The molecule has 1 fully saturated rings. The number of ether oxygens (including phenoxy) is 1. The lowest BCUT2D eigenvalue weighted by Gasteiger charge is -2.09. The van der Waals surface area contributed by atoms with Crippen molar-refractivity contribution in [2.45, 2.75) is 13.8 Å². The van der Waals surface area contributed by atoms with Crippen molar-refractivity contribution in [3.63, 3.8) is 0 Å². The molecule has 3 aromatic rings.